The molecule has 0 bridgehead atoms. The minimum absolute atomic E-state index is 0.108. The number of benzene rings is 2. The predicted molar refractivity (Wildman–Crippen MR) is 128 cm³/mol. The van der Waals surface area contributed by atoms with Gasteiger partial charge in [-0.25, -0.2) is 24.3 Å². The first-order chi connectivity index (χ1) is 15.9. The number of fused-ring (bicyclic) bond motifs is 1. The van der Waals surface area contributed by atoms with Crippen LogP contribution in [0, 0.1) is 0 Å². The number of nitrogens with one attached hydrogen (secondary N) is 4. The van der Waals surface area contributed by atoms with Gasteiger partial charge < -0.3 is 10.6 Å². The van der Waals surface area contributed by atoms with E-state index in [2.05, 4.69) is 26.3 Å². The fourth-order valence-corrected chi connectivity index (χ4v) is 4.06. The topological polar surface area (TPSA) is 115 Å². The molecule has 33 heavy (non-hydrogen) atoms. The number of halogens is 2. The largest absolute Gasteiger partial charge is 0.351 e. The summed E-state index contributed by atoms with van der Waals surface area (Å²) >= 11 is 11.8. The first-order valence-corrected chi connectivity index (χ1v) is 11.2. The van der Waals surface area contributed by atoms with Crippen LogP contribution >= 0.6 is 23.2 Å². The van der Waals surface area contributed by atoms with Crippen LogP contribution in [0.5, 0.6) is 0 Å². The van der Waals surface area contributed by atoms with Crippen molar-refractivity contribution in [2.24, 2.45) is 4.99 Å². The standard InChI is InChI=1S/C22H22Cl2N6O3/c23-13-5-9-15(10-6-13)25-20(31)29-22(33)30(16-11-7-14(24)8-12-16)21(32)28-19-26-17-3-1-2-4-18(17)27-19/h5-12,17-18H,1-4H2,(H2,25,29,31,33)(H2,26,27,28,32)/t17-,18-/m1/s1. The van der Waals surface area contributed by atoms with E-state index in [0.717, 1.165) is 30.6 Å². The minimum Gasteiger partial charge on any atom is -0.351 e. The van der Waals surface area contributed by atoms with Gasteiger partial charge in [-0.2, -0.15) is 0 Å². The molecule has 1 aliphatic heterocycles. The second-order valence-electron chi connectivity index (χ2n) is 7.71. The molecule has 4 N–H and O–H groups in total. The number of imide groups is 2. The zero-order valence-corrected chi connectivity index (χ0v) is 19.0. The third-order valence-electron chi connectivity index (χ3n) is 5.39. The molecular formula is C22H22Cl2N6O3. The number of guanidine groups is 1. The zero-order chi connectivity index (χ0) is 23.4. The summed E-state index contributed by atoms with van der Waals surface area (Å²) in [5.74, 6) is 0.314. The van der Waals surface area contributed by atoms with E-state index >= 15 is 0 Å². The Labute approximate surface area is 200 Å². The van der Waals surface area contributed by atoms with Gasteiger partial charge in [0.15, 0.2) is 5.96 Å². The van der Waals surface area contributed by atoms with Crippen molar-refractivity contribution in [2.75, 3.05) is 10.2 Å². The average Bonchev–Trinajstić information content (AvgIpc) is 3.19. The number of nitrogens with zero attached hydrogens (tertiary/aromatic N) is 2. The third-order valence-corrected chi connectivity index (χ3v) is 5.89. The van der Waals surface area contributed by atoms with E-state index in [0.29, 0.717) is 21.7 Å². The Kier molecular flexibility index (Phi) is 7.00. The molecule has 0 radical (unpaired) electrons. The summed E-state index contributed by atoms with van der Waals surface area (Å²) in [7, 11) is 0. The molecule has 4 rings (SSSR count). The highest BCUT2D eigenvalue weighted by molar-refractivity contribution is 6.31. The van der Waals surface area contributed by atoms with Crippen molar-refractivity contribution in [2.45, 2.75) is 37.8 Å². The number of rotatable bonds is 2. The Morgan fingerprint density at radius 3 is 2.18 bits per heavy atom. The number of carbonyl (C=O) groups is 3. The van der Waals surface area contributed by atoms with E-state index < -0.39 is 18.1 Å². The summed E-state index contributed by atoms with van der Waals surface area (Å²) in [6, 6.07) is 10.2. The van der Waals surface area contributed by atoms with Crippen molar-refractivity contribution in [1.29, 1.82) is 0 Å². The van der Waals surface area contributed by atoms with Crippen molar-refractivity contribution in [3.05, 3.63) is 58.6 Å². The number of aliphatic imine (C=N–C) groups is 1. The second kappa shape index (κ2) is 10.1. The van der Waals surface area contributed by atoms with Gasteiger partial charge in [-0.3, -0.25) is 10.6 Å². The fourth-order valence-electron chi connectivity index (χ4n) is 3.80. The molecule has 172 valence electrons. The summed E-state index contributed by atoms with van der Waals surface area (Å²) in [6.45, 7) is 0. The van der Waals surface area contributed by atoms with Crippen molar-refractivity contribution in [3.8, 4) is 0 Å². The molecule has 6 amide bonds. The summed E-state index contributed by atoms with van der Waals surface area (Å²) in [6.07, 6.45) is 4.12. The van der Waals surface area contributed by atoms with Gasteiger partial charge in [-0.05, 0) is 61.4 Å². The van der Waals surface area contributed by atoms with Crippen LogP contribution in [-0.4, -0.2) is 36.1 Å². The van der Waals surface area contributed by atoms with Crippen molar-refractivity contribution in [1.82, 2.24) is 16.0 Å². The lowest BCUT2D eigenvalue weighted by Gasteiger charge is -2.23. The monoisotopic (exact) mass is 488 g/mol. The van der Waals surface area contributed by atoms with E-state index in [1.165, 1.54) is 24.3 Å². The van der Waals surface area contributed by atoms with Crippen LogP contribution in [0.3, 0.4) is 0 Å². The van der Waals surface area contributed by atoms with Crippen LogP contribution in [0.15, 0.2) is 53.5 Å². The maximum absolute atomic E-state index is 13.1. The molecule has 2 aromatic carbocycles. The van der Waals surface area contributed by atoms with Crippen molar-refractivity contribution >= 4 is 58.6 Å². The molecule has 2 aromatic rings. The molecule has 1 heterocycles. The van der Waals surface area contributed by atoms with Gasteiger partial charge in [-0.15, -0.1) is 0 Å². The molecule has 2 atom stereocenters. The molecule has 0 unspecified atom stereocenters. The van der Waals surface area contributed by atoms with Gasteiger partial charge >= 0.3 is 18.1 Å². The summed E-state index contributed by atoms with van der Waals surface area (Å²) in [4.78, 5) is 43.7. The molecule has 11 heteroatoms. The molecule has 1 fully saturated rings. The average molecular weight is 489 g/mol. The van der Waals surface area contributed by atoms with Gasteiger partial charge in [0.2, 0.25) is 0 Å². The van der Waals surface area contributed by atoms with Gasteiger partial charge in [0.25, 0.3) is 0 Å². The van der Waals surface area contributed by atoms with Crippen LogP contribution in [0.2, 0.25) is 10.0 Å². The van der Waals surface area contributed by atoms with Crippen LogP contribution in [0.1, 0.15) is 25.7 Å². The number of anilines is 2. The number of amides is 6. The van der Waals surface area contributed by atoms with Crippen LogP contribution < -0.4 is 26.2 Å². The Morgan fingerprint density at radius 2 is 1.52 bits per heavy atom. The summed E-state index contributed by atoms with van der Waals surface area (Å²) in [5.41, 5.74) is 0.656. The number of carbonyl (C=O) groups excluding carboxylic acids is 3. The van der Waals surface area contributed by atoms with Crippen molar-refractivity contribution in [3.63, 3.8) is 0 Å². The number of hydrogen-bond donors (Lipinski definition) is 4. The lowest BCUT2D eigenvalue weighted by atomic mass is 9.92. The van der Waals surface area contributed by atoms with E-state index in [1.807, 2.05) is 0 Å². The Hall–Kier alpha value is -3.30. The minimum atomic E-state index is -0.947. The fraction of sp³-hybridized carbons (Fsp3) is 0.273. The molecule has 2 aliphatic rings. The molecule has 1 aliphatic carbocycles. The molecular weight excluding hydrogens is 467 g/mol. The quantitative estimate of drug-likeness (QED) is 0.489. The van der Waals surface area contributed by atoms with E-state index in [1.54, 1.807) is 24.3 Å². The third kappa shape index (κ3) is 5.74. The van der Waals surface area contributed by atoms with Gasteiger partial charge in [0.05, 0.1) is 17.8 Å². The first-order valence-electron chi connectivity index (χ1n) is 10.5. The van der Waals surface area contributed by atoms with E-state index in [9.17, 15) is 14.4 Å². The lowest BCUT2D eigenvalue weighted by Crippen LogP contribution is -2.54. The Morgan fingerprint density at radius 1 is 0.879 bits per heavy atom. The van der Waals surface area contributed by atoms with Gasteiger partial charge in [-0.1, -0.05) is 36.0 Å². The summed E-state index contributed by atoms with van der Waals surface area (Å²) in [5, 5.41) is 11.5. The maximum Gasteiger partial charge on any atom is 0.338 e. The Bertz CT molecular complexity index is 1070. The molecule has 0 spiro atoms. The lowest BCUT2D eigenvalue weighted by molar-refractivity contribution is 0.232. The summed E-state index contributed by atoms with van der Waals surface area (Å²) < 4.78 is 0. The van der Waals surface area contributed by atoms with Gasteiger partial charge in [0, 0.05) is 15.7 Å². The highest BCUT2D eigenvalue weighted by Crippen LogP contribution is 2.24. The molecule has 9 nitrogen and oxygen atoms in total. The van der Waals surface area contributed by atoms with E-state index in [-0.39, 0.29) is 17.8 Å². The normalized spacial score (nSPS) is 18.9. The smallest absolute Gasteiger partial charge is 0.338 e. The second-order valence-corrected chi connectivity index (χ2v) is 8.59. The first kappa shape index (κ1) is 22.9. The molecule has 1 saturated carbocycles. The van der Waals surface area contributed by atoms with Gasteiger partial charge in [0.1, 0.15) is 0 Å². The molecule has 0 aromatic heterocycles. The van der Waals surface area contributed by atoms with Crippen LogP contribution in [-0.2, 0) is 0 Å². The SMILES string of the molecule is O=C(NC(=O)N(C(=O)NC1=N[C@@H]2CCCC[C@H]2N1)c1ccc(Cl)cc1)Nc1ccc(Cl)cc1. The van der Waals surface area contributed by atoms with Crippen molar-refractivity contribution < 1.29 is 14.4 Å². The molecule has 0 saturated heterocycles. The highest BCUT2D eigenvalue weighted by Gasteiger charge is 2.33. The highest BCUT2D eigenvalue weighted by atomic mass is 35.5. The zero-order valence-electron chi connectivity index (χ0n) is 17.5. The van der Waals surface area contributed by atoms with Crippen LogP contribution in [0.25, 0.3) is 0 Å². The number of hydrogen-bond acceptors (Lipinski definition) is 5. The predicted octanol–water partition coefficient (Wildman–Crippen LogP) is 4.72. The van der Waals surface area contributed by atoms with Crippen LogP contribution in [0.4, 0.5) is 25.8 Å². The maximum atomic E-state index is 13.1. The Balaban J connectivity index is 1.47. The van der Waals surface area contributed by atoms with E-state index in [4.69, 9.17) is 23.2 Å². The number of urea groups is 3.